The third-order valence-corrected chi connectivity index (χ3v) is 16.3. The van der Waals surface area contributed by atoms with Crippen molar-refractivity contribution in [3.63, 3.8) is 0 Å². The number of hydrogen-bond donors (Lipinski definition) is 0. The third kappa shape index (κ3) is 64.9. The molecule has 0 aromatic heterocycles. The Kier molecular flexibility index (Phi) is 65.1. The lowest BCUT2D eigenvalue weighted by molar-refractivity contribution is -0.167. The normalized spacial score (nSPS) is 12.0. The van der Waals surface area contributed by atoms with Crippen LogP contribution in [0.25, 0.3) is 0 Å². The lowest BCUT2D eigenvalue weighted by Gasteiger charge is -2.18. The maximum atomic E-state index is 12.9. The van der Waals surface area contributed by atoms with Gasteiger partial charge in [0.1, 0.15) is 13.2 Å². The first-order valence-corrected chi connectivity index (χ1v) is 35.2. The molecule has 77 heavy (non-hydrogen) atoms. The second-order valence-electron chi connectivity index (χ2n) is 24.2. The van der Waals surface area contributed by atoms with E-state index in [1.807, 2.05) is 0 Å². The second-order valence-corrected chi connectivity index (χ2v) is 24.2. The van der Waals surface area contributed by atoms with Gasteiger partial charge in [0.15, 0.2) is 6.10 Å². The molecule has 0 aliphatic heterocycles. The van der Waals surface area contributed by atoms with E-state index in [4.69, 9.17) is 14.2 Å². The van der Waals surface area contributed by atoms with Gasteiger partial charge in [-0.2, -0.15) is 0 Å². The van der Waals surface area contributed by atoms with E-state index in [2.05, 4.69) is 32.9 Å². The van der Waals surface area contributed by atoms with Gasteiger partial charge in [0.05, 0.1) is 0 Å². The van der Waals surface area contributed by atoms with Gasteiger partial charge in [-0.05, 0) is 44.9 Å². The van der Waals surface area contributed by atoms with E-state index < -0.39 is 6.10 Å². The summed E-state index contributed by atoms with van der Waals surface area (Å²) in [4.78, 5) is 38.4. The molecule has 0 rings (SSSR count). The highest BCUT2D eigenvalue weighted by molar-refractivity contribution is 5.71. The van der Waals surface area contributed by atoms with Crippen LogP contribution in [0, 0.1) is 0 Å². The monoisotopic (exact) mass is 1090 g/mol. The molecule has 0 aromatic carbocycles. The van der Waals surface area contributed by atoms with Crippen LogP contribution in [-0.4, -0.2) is 37.2 Å². The van der Waals surface area contributed by atoms with Gasteiger partial charge in [-0.25, -0.2) is 0 Å². The number of hydrogen-bond acceptors (Lipinski definition) is 6. The summed E-state index contributed by atoms with van der Waals surface area (Å²) >= 11 is 0. The molecule has 1 unspecified atom stereocenters. The van der Waals surface area contributed by atoms with Crippen molar-refractivity contribution in [3.8, 4) is 0 Å². The summed E-state index contributed by atoms with van der Waals surface area (Å²) in [7, 11) is 0. The molecule has 6 heteroatoms. The predicted molar refractivity (Wildman–Crippen MR) is 335 cm³/mol. The van der Waals surface area contributed by atoms with E-state index >= 15 is 0 Å². The van der Waals surface area contributed by atoms with Crippen LogP contribution in [0.15, 0.2) is 12.2 Å². The molecule has 1 atom stereocenters. The van der Waals surface area contributed by atoms with E-state index in [1.165, 1.54) is 302 Å². The summed E-state index contributed by atoms with van der Waals surface area (Å²) in [5.74, 6) is -0.839. The number of ether oxygens (including phenoxy) is 3. The molecule has 0 radical (unpaired) electrons. The summed E-state index contributed by atoms with van der Waals surface area (Å²) in [6.45, 7) is 6.72. The minimum Gasteiger partial charge on any atom is -0.462 e. The minimum atomic E-state index is -0.770. The lowest BCUT2D eigenvalue weighted by Crippen LogP contribution is -2.30. The Morgan fingerprint density at radius 3 is 0.649 bits per heavy atom. The van der Waals surface area contributed by atoms with Crippen LogP contribution in [0.3, 0.4) is 0 Å². The van der Waals surface area contributed by atoms with Crippen molar-refractivity contribution >= 4 is 17.9 Å². The number of esters is 3. The summed E-state index contributed by atoms with van der Waals surface area (Å²) in [5, 5.41) is 0. The standard InChI is InChI=1S/C71H136O6/c1-4-7-10-13-16-19-22-25-28-30-32-33-34-35-36-37-39-40-43-46-49-52-55-58-61-64-70(73)76-67-68(66-75-69(72)63-60-57-54-51-48-45-42-27-24-21-18-15-12-9-6-3)77-71(74)65-62-59-56-53-50-47-44-41-38-31-29-26-23-20-17-14-11-8-5-2/h27,42,68H,4-26,28-41,43-67H2,1-3H3/b42-27-. The first-order valence-electron chi connectivity index (χ1n) is 35.2. The van der Waals surface area contributed by atoms with Crippen molar-refractivity contribution in [2.75, 3.05) is 13.2 Å². The Bertz CT molecular complexity index is 1200. The van der Waals surface area contributed by atoms with Crippen molar-refractivity contribution in [2.45, 2.75) is 412 Å². The molecule has 0 aliphatic carbocycles. The molecule has 0 aromatic rings. The van der Waals surface area contributed by atoms with Gasteiger partial charge in [-0.1, -0.05) is 354 Å². The highest BCUT2D eigenvalue weighted by atomic mass is 16.6. The van der Waals surface area contributed by atoms with Gasteiger partial charge >= 0.3 is 17.9 Å². The average molecular weight is 1090 g/mol. The number of carbonyl (C=O) groups excluding carboxylic acids is 3. The fourth-order valence-electron chi connectivity index (χ4n) is 11.0. The van der Waals surface area contributed by atoms with E-state index in [0.717, 1.165) is 64.2 Å². The fourth-order valence-corrected chi connectivity index (χ4v) is 11.0. The number of carbonyl (C=O) groups is 3. The Morgan fingerprint density at radius 2 is 0.429 bits per heavy atom. The Balaban J connectivity index is 4.23. The van der Waals surface area contributed by atoms with Crippen LogP contribution in [0.5, 0.6) is 0 Å². The van der Waals surface area contributed by atoms with E-state index in [-0.39, 0.29) is 31.1 Å². The fraction of sp³-hybridized carbons (Fsp3) is 0.930. The van der Waals surface area contributed by atoms with Gasteiger partial charge in [-0.3, -0.25) is 14.4 Å². The van der Waals surface area contributed by atoms with Crippen molar-refractivity contribution in [1.29, 1.82) is 0 Å². The van der Waals surface area contributed by atoms with Gasteiger partial charge < -0.3 is 14.2 Å². The molecule has 0 spiro atoms. The molecule has 0 aliphatic rings. The second kappa shape index (κ2) is 66.7. The maximum absolute atomic E-state index is 12.9. The molecular weight excluding hydrogens is 949 g/mol. The van der Waals surface area contributed by atoms with E-state index in [9.17, 15) is 14.4 Å². The van der Waals surface area contributed by atoms with Crippen LogP contribution < -0.4 is 0 Å². The average Bonchev–Trinajstić information content (AvgIpc) is 3.43. The van der Waals surface area contributed by atoms with Gasteiger partial charge in [0.25, 0.3) is 0 Å². The molecule has 0 amide bonds. The van der Waals surface area contributed by atoms with E-state index in [0.29, 0.717) is 19.3 Å². The molecular formula is C71H136O6. The minimum absolute atomic E-state index is 0.0656. The quantitative estimate of drug-likeness (QED) is 0.0261. The third-order valence-electron chi connectivity index (χ3n) is 16.3. The molecule has 6 nitrogen and oxygen atoms in total. The highest BCUT2D eigenvalue weighted by Crippen LogP contribution is 2.19. The predicted octanol–water partition coefficient (Wildman–Crippen LogP) is 24.0. The topological polar surface area (TPSA) is 78.9 Å². The summed E-state index contributed by atoms with van der Waals surface area (Å²) < 4.78 is 17.0. The van der Waals surface area contributed by atoms with Crippen LogP contribution >= 0.6 is 0 Å². The summed E-state index contributed by atoms with van der Waals surface area (Å²) in [6, 6.07) is 0. The number of unbranched alkanes of at least 4 members (excludes halogenated alkanes) is 53. The number of allylic oxidation sites excluding steroid dienone is 2. The Hall–Kier alpha value is -1.85. The largest absolute Gasteiger partial charge is 0.462 e. The van der Waals surface area contributed by atoms with E-state index in [1.54, 1.807) is 0 Å². The molecule has 0 bridgehead atoms. The van der Waals surface area contributed by atoms with Gasteiger partial charge in [-0.15, -0.1) is 0 Å². The molecule has 0 saturated heterocycles. The van der Waals surface area contributed by atoms with Crippen LogP contribution in [-0.2, 0) is 28.6 Å². The summed E-state index contributed by atoms with van der Waals surface area (Å²) in [6.07, 6.45) is 79.5. The van der Waals surface area contributed by atoms with Crippen molar-refractivity contribution in [3.05, 3.63) is 12.2 Å². The van der Waals surface area contributed by atoms with Crippen molar-refractivity contribution < 1.29 is 28.6 Å². The SMILES string of the molecule is CCCCCCCC/C=C\CCCCCCCC(=O)OCC(COC(=O)CCCCCCCCCCCCCCCCCCCCCCCCCCC)OC(=O)CCCCCCCCCCCCCCCCCCCCC. The Morgan fingerprint density at radius 1 is 0.247 bits per heavy atom. The maximum Gasteiger partial charge on any atom is 0.306 e. The van der Waals surface area contributed by atoms with Gasteiger partial charge in [0.2, 0.25) is 0 Å². The first kappa shape index (κ1) is 75.2. The van der Waals surface area contributed by atoms with Gasteiger partial charge in [0, 0.05) is 19.3 Å². The molecule has 0 heterocycles. The number of rotatable bonds is 66. The molecule has 0 saturated carbocycles. The zero-order valence-corrected chi connectivity index (χ0v) is 52.5. The zero-order valence-electron chi connectivity index (χ0n) is 52.5. The summed E-state index contributed by atoms with van der Waals surface area (Å²) in [5.41, 5.74) is 0. The Labute approximate surface area is 481 Å². The van der Waals surface area contributed by atoms with Crippen LogP contribution in [0.4, 0.5) is 0 Å². The molecule has 0 N–H and O–H groups in total. The first-order chi connectivity index (χ1) is 38.0. The van der Waals surface area contributed by atoms with Crippen LogP contribution in [0.1, 0.15) is 406 Å². The van der Waals surface area contributed by atoms with Crippen molar-refractivity contribution in [1.82, 2.24) is 0 Å². The molecule has 456 valence electrons. The van der Waals surface area contributed by atoms with Crippen LogP contribution in [0.2, 0.25) is 0 Å². The van der Waals surface area contributed by atoms with Crippen molar-refractivity contribution in [2.24, 2.45) is 0 Å². The smallest absolute Gasteiger partial charge is 0.306 e. The highest BCUT2D eigenvalue weighted by Gasteiger charge is 2.19. The molecule has 0 fully saturated rings. The lowest BCUT2D eigenvalue weighted by atomic mass is 10.0. The zero-order chi connectivity index (χ0) is 55.7.